The summed E-state index contributed by atoms with van der Waals surface area (Å²) in [4.78, 5) is 15.1. The number of hydrogen-bond donors (Lipinski definition) is 0. The van der Waals surface area contributed by atoms with Gasteiger partial charge in [0.05, 0.1) is 0 Å². The Morgan fingerprint density at radius 3 is 1.78 bits per heavy atom. The SMILES string of the molecule is O.[CH3][Sn]([CH3])([CH3])[O][N+](=O)[O-]. The Labute approximate surface area is 57.8 Å². The van der Waals surface area contributed by atoms with Crippen molar-refractivity contribution in [1.29, 1.82) is 0 Å². The summed E-state index contributed by atoms with van der Waals surface area (Å²) in [6.07, 6.45) is 0. The first-order valence-corrected chi connectivity index (χ1v) is 12.0. The summed E-state index contributed by atoms with van der Waals surface area (Å²) >= 11 is -2.56. The van der Waals surface area contributed by atoms with Crippen LogP contribution in [0.3, 0.4) is 0 Å². The van der Waals surface area contributed by atoms with Crippen molar-refractivity contribution < 1.29 is 13.7 Å². The average Bonchev–Trinajstić information content (AvgIpc) is 1.21. The summed E-state index contributed by atoms with van der Waals surface area (Å²) in [5, 5.41) is 8.95. The first kappa shape index (κ1) is 11.7. The Kier molecular flexibility index (Phi) is 5.06. The molecule has 9 heavy (non-hydrogen) atoms. The summed E-state index contributed by atoms with van der Waals surface area (Å²) in [7, 11) is 0. The monoisotopic (exact) mass is 245 g/mol. The molecule has 0 rings (SSSR count). The summed E-state index contributed by atoms with van der Waals surface area (Å²) < 4.78 is 4.37. The summed E-state index contributed by atoms with van der Waals surface area (Å²) in [6, 6.07) is 0. The van der Waals surface area contributed by atoms with Crippen molar-refractivity contribution in [3.05, 3.63) is 10.1 Å². The Morgan fingerprint density at radius 1 is 1.44 bits per heavy atom. The standard InChI is InChI=1S/3CH3.NO3.H2O.Sn/c;;;2-1(3)4;;/h3*1H3;;1H2;/q;;;-1;;+1. The van der Waals surface area contributed by atoms with Crippen molar-refractivity contribution in [2.45, 2.75) is 14.8 Å². The van der Waals surface area contributed by atoms with Gasteiger partial charge in [0.25, 0.3) is 0 Å². The second kappa shape index (κ2) is 3.89. The van der Waals surface area contributed by atoms with E-state index in [4.69, 9.17) is 0 Å². The van der Waals surface area contributed by atoms with Crippen molar-refractivity contribution in [3.8, 4) is 0 Å². The summed E-state index contributed by atoms with van der Waals surface area (Å²) in [5.74, 6) is 0. The number of nitrogens with zero attached hydrogens (tertiary/aromatic N) is 1. The third-order valence-corrected chi connectivity index (χ3v) is 2.34. The van der Waals surface area contributed by atoms with E-state index in [2.05, 4.69) is 3.17 Å². The van der Waals surface area contributed by atoms with E-state index < -0.39 is 23.9 Å². The first-order valence-electron chi connectivity index (χ1n) is 2.25. The fourth-order valence-electron chi connectivity index (χ4n) is 0.224. The fourth-order valence-corrected chi connectivity index (χ4v) is 1.50. The van der Waals surface area contributed by atoms with Crippen LogP contribution in [-0.4, -0.2) is 29.4 Å². The van der Waals surface area contributed by atoms with Gasteiger partial charge in [0, 0.05) is 0 Å². The maximum atomic E-state index is 9.65. The second-order valence-electron chi connectivity index (χ2n) is 2.43. The van der Waals surface area contributed by atoms with Gasteiger partial charge in [0.1, 0.15) is 0 Å². The zero-order valence-electron chi connectivity index (χ0n) is 5.67. The molecule has 0 unspecified atom stereocenters. The molecule has 0 aliphatic carbocycles. The van der Waals surface area contributed by atoms with Crippen molar-refractivity contribution in [2.24, 2.45) is 0 Å². The van der Waals surface area contributed by atoms with Gasteiger partial charge in [-0.3, -0.25) is 0 Å². The Bertz CT molecular complexity index is 98.5. The maximum absolute atomic E-state index is 9.65. The molecular formula is C3H11NO4Sn. The van der Waals surface area contributed by atoms with E-state index in [0.29, 0.717) is 0 Å². The molecule has 0 saturated carbocycles. The van der Waals surface area contributed by atoms with Crippen molar-refractivity contribution >= 4 is 18.8 Å². The van der Waals surface area contributed by atoms with Crippen LogP contribution < -0.4 is 0 Å². The predicted octanol–water partition coefficient (Wildman–Crippen LogP) is 0.205. The average molecular weight is 244 g/mol. The van der Waals surface area contributed by atoms with Gasteiger partial charge in [-0.25, -0.2) is 0 Å². The van der Waals surface area contributed by atoms with E-state index in [9.17, 15) is 10.1 Å². The van der Waals surface area contributed by atoms with Crippen LogP contribution in [0.4, 0.5) is 0 Å². The molecule has 5 nitrogen and oxygen atoms in total. The van der Waals surface area contributed by atoms with Crippen LogP contribution in [0.2, 0.25) is 14.8 Å². The molecule has 0 aromatic rings. The van der Waals surface area contributed by atoms with Crippen LogP contribution in [-0.2, 0) is 3.17 Å². The van der Waals surface area contributed by atoms with Crippen molar-refractivity contribution in [2.75, 3.05) is 0 Å². The van der Waals surface area contributed by atoms with E-state index in [-0.39, 0.29) is 5.48 Å². The van der Waals surface area contributed by atoms with Gasteiger partial charge in [-0.2, -0.15) is 0 Å². The zero-order chi connectivity index (χ0) is 6.78. The van der Waals surface area contributed by atoms with Gasteiger partial charge < -0.3 is 5.48 Å². The second-order valence-corrected chi connectivity index (χ2v) is 15.0. The molecule has 0 radical (unpaired) electrons. The Morgan fingerprint density at radius 2 is 1.78 bits per heavy atom. The molecule has 2 N–H and O–H groups in total. The molecule has 0 spiro atoms. The van der Waals surface area contributed by atoms with Crippen LogP contribution in [0.15, 0.2) is 0 Å². The third-order valence-electron chi connectivity index (χ3n) is 0.348. The van der Waals surface area contributed by atoms with Crippen LogP contribution in [0, 0.1) is 10.1 Å². The van der Waals surface area contributed by atoms with Crippen molar-refractivity contribution in [1.82, 2.24) is 0 Å². The number of rotatable bonds is 2. The van der Waals surface area contributed by atoms with Gasteiger partial charge in [0.2, 0.25) is 0 Å². The Balaban J connectivity index is 0. The van der Waals surface area contributed by atoms with Gasteiger partial charge in [-0.15, -0.1) is 0 Å². The molecule has 0 saturated heterocycles. The molecule has 0 bridgehead atoms. The molecule has 6 heteroatoms. The molecule has 0 heterocycles. The minimum atomic E-state index is -2.56. The van der Waals surface area contributed by atoms with Crippen LogP contribution in [0.1, 0.15) is 0 Å². The summed E-state index contributed by atoms with van der Waals surface area (Å²) in [5.41, 5.74) is 0. The fraction of sp³-hybridized carbons (Fsp3) is 1.00. The van der Waals surface area contributed by atoms with Crippen molar-refractivity contribution in [3.63, 3.8) is 0 Å². The topological polar surface area (TPSA) is 83.9 Å². The molecule has 0 aromatic carbocycles. The summed E-state index contributed by atoms with van der Waals surface area (Å²) in [6.45, 7) is 0. The predicted molar refractivity (Wildman–Crippen MR) is 35.0 cm³/mol. The molecule has 0 aliphatic rings. The van der Waals surface area contributed by atoms with E-state index in [1.54, 1.807) is 0 Å². The molecular weight excluding hydrogens is 233 g/mol. The van der Waals surface area contributed by atoms with Gasteiger partial charge in [-0.05, 0) is 0 Å². The van der Waals surface area contributed by atoms with Crippen LogP contribution in [0.5, 0.6) is 0 Å². The van der Waals surface area contributed by atoms with Crippen LogP contribution in [0.25, 0.3) is 0 Å². The number of hydrogen-bond acceptors (Lipinski definition) is 3. The van der Waals surface area contributed by atoms with E-state index >= 15 is 0 Å². The van der Waals surface area contributed by atoms with Gasteiger partial charge in [0.15, 0.2) is 0 Å². The molecule has 0 aliphatic heterocycles. The van der Waals surface area contributed by atoms with E-state index in [1.165, 1.54) is 0 Å². The molecule has 56 valence electrons. The Hall–Kier alpha value is -0.0413. The van der Waals surface area contributed by atoms with E-state index in [1.807, 2.05) is 14.8 Å². The normalized spacial score (nSPS) is 9.67. The van der Waals surface area contributed by atoms with E-state index in [0.717, 1.165) is 0 Å². The molecule has 0 atom stereocenters. The first-order chi connectivity index (χ1) is 3.42. The minimum absolute atomic E-state index is 0. The van der Waals surface area contributed by atoms with Crippen LogP contribution >= 0.6 is 0 Å². The molecule has 0 amide bonds. The van der Waals surface area contributed by atoms with Gasteiger partial charge in [-0.1, -0.05) is 0 Å². The third kappa shape index (κ3) is 11.5. The van der Waals surface area contributed by atoms with Gasteiger partial charge >= 0.3 is 52.0 Å². The zero-order valence-corrected chi connectivity index (χ0v) is 8.53. The molecule has 0 aromatic heterocycles. The quantitative estimate of drug-likeness (QED) is 0.395. The molecule has 0 fully saturated rings.